The van der Waals surface area contributed by atoms with E-state index in [4.69, 9.17) is 10.3 Å². The molecule has 3 aromatic carbocycles. The number of rotatable bonds is 9. The van der Waals surface area contributed by atoms with Crippen molar-refractivity contribution < 1.29 is 28.0 Å². The van der Waals surface area contributed by atoms with E-state index in [2.05, 4.69) is 24.4 Å². The minimum Gasteiger partial charge on any atom is -0.507 e. The highest BCUT2D eigenvalue weighted by molar-refractivity contribution is 7.85. The summed E-state index contributed by atoms with van der Waals surface area (Å²) in [4.78, 5) is 11.2. The monoisotopic (exact) mass is 500 g/mol. The van der Waals surface area contributed by atoms with Gasteiger partial charge in [0.05, 0.1) is 16.6 Å². The molecule has 0 spiro atoms. The van der Waals surface area contributed by atoms with E-state index in [0.29, 0.717) is 12.1 Å². The largest absolute Gasteiger partial charge is 0.507 e. The Balaban J connectivity index is 0.000000328. The highest BCUT2D eigenvalue weighted by atomic mass is 32.2. The van der Waals surface area contributed by atoms with Crippen molar-refractivity contribution in [1.29, 1.82) is 0 Å². The fraction of sp³-hybridized carbons (Fsp3) is 0.269. The number of carbonyl (C=O) groups is 1. The maximum absolute atomic E-state index is 11.2. The van der Waals surface area contributed by atoms with Gasteiger partial charge in [-0.1, -0.05) is 54.1 Å². The Kier molecular flexibility index (Phi) is 10.4. The number of aliphatic hydroxyl groups excluding tert-OH is 1. The second-order valence-electron chi connectivity index (χ2n) is 8.28. The minimum atomic E-state index is -4.02. The first-order chi connectivity index (χ1) is 16.5. The molecule has 3 rings (SSSR count). The molecular weight excluding hydrogens is 468 g/mol. The summed E-state index contributed by atoms with van der Waals surface area (Å²) in [6.45, 7) is 4.27. The number of amides is 1. The molecule has 0 saturated carbocycles. The van der Waals surface area contributed by atoms with Crippen molar-refractivity contribution in [1.82, 2.24) is 5.32 Å². The van der Waals surface area contributed by atoms with Crippen molar-refractivity contribution in [3.63, 3.8) is 0 Å². The summed E-state index contributed by atoms with van der Waals surface area (Å²) in [5.74, 6) is -0.895. The highest BCUT2D eigenvalue weighted by Crippen LogP contribution is 2.22. The molecule has 8 nitrogen and oxygen atoms in total. The summed E-state index contributed by atoms with van der Waals surface area (Å²) in [5.41, 5.74) is 8.01. The number of primary amides is 1. The second-order valence-corrected chi connectivity index (χ2v) is 9.70. The lowest BCUT2D eigenvalue weighted by atomic mass is 10.0. The molecular formula is C26H32N2O6S. The molecule has 9 heteroatoms. The molecule has 0 aromatic heterocycles. The SMILES string of the molecule is C[C@H](CCc1ccccc1)NC[C@H](O)c1ccc(O)c(C(N)=O)c1.Cc1ccc(S(=O)(=O)O)cc1. The third kappa shape index (κ3) is 9.50. The summed E-state index contributed by atoms with van der Waals surface area (Å²) in [7, 11) is -4.02. The highest BCUT2D eigenvalue weighted by Gasteiger charge is 2.14. The molecule has 0 aliphatic carbocycles. The lowest BCUT2D eigenvalue weighted by Crippen LogP contribution is -2.31. The van der Waals surface area contributed by atoms with E-state index in [1.807, 2.05) is 25.1 Å². The molecule has 2 atom stereocenters. The number of carbonyl (C=O) groups excluding carboxylic acids is 1. The molecule has 0 unspecified atom stereocenters. The number of nitrogens with one attached hydrogen (secondary N) is 1. The number of aromatic hydroxyl groups is 1. The van der Waals surface area contributed by atoms with E-state index >= 15 is 0 Å². The quantitative estimate of drug-likeness (QED) is 0.283. The number of hydrogen-bond acceptors (Lipinski definition) is 6. The zero-order valence-electron chi connectivity index (χ0n) is 19.8. The molecule has 3 aromatic rings. The molecule has 1 amide bonds. The third-order valence-corrected chi connectivity index (χ3v) is 6.23. The van der Waals surface area contributed by atoms with E-state index in [1.165, 1.54) is 29.8 Å². The molecule has 0 bridgehead atoms. The van der Waals surface area contributed by atoms with Crippen molar-refractivity contribution in [2.45, 2.75) is 43.7 Å². The van der Waals surface area contributed by atoms with Crippen LogP contribution >= 0.6 is 0 Å². The van der Waals surface area contributed by atoms with Crippen molar-refractivity contribution >= 4 is 16.0 Å². The summed E-state index contributed by atoms with van der Waals surface area (Å²) in [6, 6.07) is 20.9. The van der Waals surface area contributed by atoms with Gasteiger partial charge < -0.3 is 21.3 Å². The normalized spacial score (nSPS) is 12.8. The van der Waals surface area contributed by atoms with Crippen LogP contribution in [0, 0.1) is 6.92 Å². The number of aliphatic hydroxyl groups is 1. The second kappa shape index (κ2) is 13.0. The number of benzene rings is 3. The number of hydrogen-bond donors (Lipinski definition) is 5. The van der Waals surface area contributed by atoms with E-state index in [9.17, 15) is 23.4 Å². The lowest BCUT2D eigenvalue weighted by Gasteiger charge is -2.18. The van der Waals surface area contributed by atoms with Crippen LogP contribution < -0.4 is 11.1 Å². The van der Waals surface area contributed by atoms with Gasteiger partial charge >= 0.3 is 0 Å². The van der Waals surface area contributed by atoms with Gasteiger partial charge in [0.2, 0.25) is 0 Å². The van der Waals surface area contributed by atoms with Crippen LogP contribution in [0.3, 0.4) is 0 Å². The molecule has 0 heterocycles. The zero-order chi connectivity index (χ0) is 26.0. The van der Waals surface area contributed by atoms with Crippen molar-refractivity contribution in [3.8, 4) is 5.75 Å². The number of nitrogens with two attached hydrogens (primary N) is 1. The van der Waals surface area contributed by atoms with Crippen LogP contribution in [0.2, 0.25) is 0 Å². The Morgan fingerprint density at radius 1 is 1.03 bits per heavy atom. The van der Waals surface area contributed by atoms with Crippen molar-refractivity contribution in [3.05, 3.63) is 95.1 Å². The van der Waals surface area contributed by atoms with Gasteiger partial charge in [-0.25, -0.2) is 0 Å². The molecule has 188 valence electrons. The van der Waals surface area contributed by atoms with Gasteiger partial charge in [0.1, 0.15) is 5.75 Å². The molecule has 35 heavy (non-hydrogen) atoms. The van der Waals surface area contributed by atoms with Gasteiger partial charge in [-0.2, -0.15) is 8.42 Å². The topological polar surface area (TPSA) is 150 Å². The fourth-order valence-corrected chi connectivity index (χ4v) is 3.71. The maximum Gasteiger partial charge on any atom is 0.294 e. The molecule has 0 aliphatic rings. The Bertz CT molecular complexity index is 1200. The van der Waals surface area contributed by atoms with Gasteiger partial charge in [-0.3, -0.25) is 9.35 Å². The van der Waals surface area contributed by atoms with Crippen LogP contribution in [0.25, 0.3) is 0 Å². The lowest BCUT2D eigenvalue weighted by molar-refractivity contribution is 0.0997. The molecule has 6 N–H and O–H groups in total. The minimum absolute atomic E-state index is 0.0173. The van der Waals surface area contributed by atoms with Crippen LogP contribution in [0.5, 0.6) is 5.75 Å². The number of aryl methyl sites for hydroxylation is 2. The first-order valence-electron chi connectivity index (χ1n) is 11.1. The van der Waals surface area contributed by atoms with Crippen molar-refractivity contribution in [2.24, 2.45) is 5.73 Å². The Morgan fingerprint density at radius 2 is 1.66 bits per heavy atom. The van der Waals surface area contributed by atoms with E-state index in [-0.39, 0.29) is 22.3 Å². The average molecular weight is 501 g/mol. The average Bonchev–Trinajstić information content (AvgIpc) is 2.82. The predicted molar refractivity (Wildman–Crippen MR) is 135 cm³/mol. The van der Waals surface area contributed by atoms with Gasteiger partial charge in [-0.05, 0) is 62.1 Å². The summed E-state index contributed by atoms with van der Waals surface area (Å²) in [6.07, 6.45) is 1.15. The summed E-state index contributed by atoms with van der Waals surface area (Å²) < 4.78 is 29.6. The van der Waals surface area contributed by atoms with Crippen LogP contribution in [-0.2, 0) is 16.5 Å². The number of phenols is 1. The summed E-state index contributed by atoms with van der Waals surface area (Å²) >= 11 is 0. The maximum atomic E-state index is 11.2. The zero-order valence-corrected chi connectivity index (χ0v) is 20.6. The van der Waals surface area contributed by atoms with Crippen LogP contribution in [0.4, 0.5) is 0 Å². The van der Waals surface area contributed by atoms with Crippen LogP contribution in [-0.4, -0.2) is 41.7 Å². The molecule has 0 radical (unpaired) electrons. The van der Waals surface area contributed by atoms with Gasteiger partial charge in [0.25, 0.3) is 16.0 Å². The summed E-state index contributed by atoms with van der Waals surface area (Å²) in [5, 5.41) is 23.1. The van der Waals surface area contributed by atoms with Gasteiger partial charge in [0, 0.05) is 12.6 Å². The Morgan fingerprint density at radius 3 is 2.23 bits per heavy atom. The van der Waals surface area contributed by atoms with E-state index in [1.54, 1.807) is 18.2 Å². The van der Waals surface area contributed by atoms with E-state index in [0.717, 1.165) is 18.4 Å². The first-order valence-corrected chi connectivity index (χ1v) is 12.5. The van der Waals surface area contributed by atoms with E-state index < -0.39 is 22.1 Å². The smallest absolute Gasteiger partial charge is 0.294 e. The Hall–Kier alpha value is -3.24. The van der Waals surface area contributed by atoms with Gasteiger partial charge in [-0.15, -0.1) is 0 Å². The Labute approximate surface area is 206 Å². The van der Waals surface area contributed by atoms with Crippen molar-refractivity contribution in [2.75, 3.05) is 6.54 Å². The molecule has 0 fully saturated rings. The fourth-order valence-electron chi connectivity index (χ4n) is 3.23. The molecule has 0 aliphatic heterocycles. The van der Waals surface area contributed by atoms with Crippen LogP contribution in [0.1, 0.15) is 46.5 Å². The predicted octanol–water partition coefficient (Wildman–Crippen LogP) is 3.38. The first kappa shape index (κ1) is 28.0. The van der Waals surface area contributed by atoms with Gasteiger partial charge in [0.15, 0.2) is 0 Å². The van der Waals surface area contributed by atoms with Crippen LogP contribution in [0.15, 0.2) is 77.7 Å². The molecule has 0 saturated heterocycles. The third-order valence-electron chi connectivity index (χ3n) is 5.36. The standard InChI is InChI=1S/C19H24N2O3.C7H8O3S/c1-13(7-8-14-5-3-2-4-6-14)21-12-18(23)15-9-10-17(22)16(11-15)19(20)24;1-6-2-4-7(5-3-6)11(8,9)10/h2-6,9-11,13,18,21-23H,7-8,12H2,1H3,(H2,20,24);2-5H,1H3,(H,8,9,10)/t13-,18+;/m1./s1.